The van der Waals surface area contributed by atoms with Crippen molar-refractivity contribution in [3.8, 4) is 0 Å². The fraction of sp³-hybridized carbons (Fsp3) is 0.300. The summed E-state index contributed by atoms with van der Waals surface area (Å²) < 4.78 is 19.3. The Bertz CT molecular complexity index is 285. The van der Waals surface area contributed by atoms with Crippen LogP contribution in [0.3, 0.4) is 0 Å². The van der Waals surface area contributed by atoms with E-state index >= 15 is 0 Å². The number of carbonyl (C=O) groups excluding carboxylic acids is 1. The molecule has 0 fully saturated rings. The van der Waals surface area contributed by atoms with E-state index in [0.717, 1.165) is 5.56 Å². The van der Waals surface area contributed by atoms with Gasteiger partial charge in [0.05, 0.1) is 13.2 Å². The second-order valence-electron chi connectivity index (χ2n) is 2.30. The highest BCUT2D eigenvalue weighted by atomic mass is 16.5. The largest absolute Gasteiger partial charge is 0.376 e. The van der Waals surface area contributed by atoms with Gasteiger partial charge in [0.25, 0.3) is 0 Å². The van der Waals surface area contributed by atoms with Crippen molar-refractivity contribution in [2.45, 2.75) is 13.0 Å². The predicted octanol–water partition coefficient (Wildman–Crippen LogP) is 1.79. The zero-order valence-corrected chi connectivity index (χ0v) is 6.69. The van der Waals surface area contributed by atoms with Gasteiger partial charge in [-0.05, 0) is 5.56 Å². The Balaban J connectivity index is 2.32. The van der Waals surface area contributed by atoms with Crippen LogP contribution in [-0.4, -0.2) is 12.9 Å². The first kappa shape index (κ1) is 6.38. The van der Waals surface area contributed by atoms with Crippen molar-refractivity contribution in [3.63, 3.8) is 0 Å². The molecule has 1 aromatic carbocycles. The van der Waals surface area contributed by atoms with E-state index in [9.17, 15) is 4.79 Å². The zero-order valence-electron chi connectivity index (χ0n) is 8.69. The van der Waals surface area contributed by atoms with Gasteiger partial charge in [-0.1, -0.05) is 30.3 Å². The first-order valence-electron chi connectivity index (χ1n) is 4.72. The minimum atomic E-state index is -1.88. The number of benzene rings is 1. The lowest BCUT2D eigenvalue weighted by Crippen LogP contribution is -1.95. The van der Waals surface area contributed by atoms with Crippen molar-refractivity contribution >= 4 is 6.29 Å². The fourth-order valence-electron chi connectivity index (χ4n) is 0.836. The van der Waals surface area contributed by atoms with Crippen molar-refractivity contribution < 1.29 is 12.3 Å². The molecule has 0 aliphatic carbocycles. The van der Waals surface area contributed by atoms with Crippen molar-refractivity contribution in [2.75, 3.05) is 6.61 Å². The Morgan fingerprint density at radius 3 is 2.83 bits per heavy atom. The van der Waals surface area contributed by atoms with E-state index in [-0.39, 0.29) is 12.9 Å². The number of ether oxygens (including phenoxy) is 1. The van der Waals surface area contributed by atoms with Crippen LogP contribution in [-0.2, 0) is 16.1 Å². The SMILES string of the molecule is [2H]C([2H])(C=O)COCc1ccccc1. The maximum Gasteiger partial charge on any atom is 0.122 e. The average Bonchev–Trinajstić information content (AvgIpc) is 2.19. The van der Waals surface area contributed by atoms with E-state index in [2.05, 4.69) is 0 Å². The molecule has 0 aliphatic heterocycles. The molecule has 2 heteroatoms. The van der Waals surface area contributed by atoms with Crippen molar-refractivity contribution in [1.29, 1.82) is 0 Å². The lowest BCUT2D eigenvalue weighted by atomic mass is 10.2. The number of hydrogen-bond donors (Lipinski definition) is 0. The molecule has 0 amide bonds. The molecule has 0 N–H and O–H groups in total. The number of aldehydes is 1. The molecule has 12 heavy (non-hydrogen) atoms. The van der Waals surface area contributed by atoms with Crippen LogP contribution in [0.5, 0.6) is 0 Å². The van der Waals surface area contributed by atoms with Gasteiger partial charge in [-0.3, -0.25) is 0 Å². The van der Waals surface area contributed by atoms with Crippen LogP contribution in [0.15, 0.2) is 30.3 Å². The van der Waals surface area contributed by atoms with Gasteiger partial charge in [-0.2, -0.15) is 0 Å². The molecular weight excluding hydrogens is 152 g/mol. The molecule has 0 atom stereocenters. The van der Waals surface area contributed by atoms with Gasteiger partial charge in [-0.25, -0.2) is 0 Å². The number of carbonyl (C=O) groups is 1. The minimum Gasteiger partial charge on any atom is -0.376 e. The smallest absolute Gasteiger partial charge is 0.122 e. The van der Waals surface area contributed by atoms with Crippen molar-refractivity contribution in [3.05, 3.63) is 35.9 Å². The molecular formula is C10H12O2. The molecule has 64 valence electrons. The number of hydrogen-bond acceptors (Lipinski definition) is 2. The van der Waals surface area contributed by atoms with E-state index in [1.807, 2.05) is 30.3 Å². The standard InChI is InChI=1S/C10H12O2/c11-7-4-8-12-9-10-5-2-1-3-6-10/h1-3,5-7H,4,8-9H2/i4D2. The predicted molar refractivity (Wildman–Crippen MR) is 46.8 cm³/mol. The normalized spacial score (nSPS) is 13.3. The molecule has 0 unspecified atom stereocenters. The summed E-state index contributed by atoms with van der Waals surface area (Å²) in [6, 6.07) is 9.43. The summed E-state index contributed by atoms with van der Waals surface area (Å²) >= 11 is 0. The fourth-order valence-corrected chi connectivity index (χ4v) is 0.836. The molecule has 0 radical (unpaired) electrons. The third-order valence-electron chi connectivity index (χ3n) is 1.38. The van der Waals surface area contributed by atoms with Crippen LogP contribution >= 0.6 is 0 Å². The summed E-state index contributed by atoms with van der Waals surface area (Å²) in [6.07, 6.45) is -1.62. The highest BCUT2D eigenvalue weighted by molar-refractivity contribution is 5.49. The molecule has 0 aliphatic rings. The summed E-state index contributed by atoms with van der Waals surface area (Å²) in [5.74, 6) is 0. The van der Waals surface area contributed by atoms with Crippen LogP contribution in [0.4, 0.5) is 0 Å². The zero-order chi connectivity index (χ0) is 10.4. The van der Waals surface area contributed by atoms with Crippen LogP contribution in [0.25, 0.3) is 0 Å². The van der Waals surface area contributed by atoms with E-state index in [4.69, 9.17) is 7.48 Å². The first-order chi connectivity index (χ1) is 6.64. The Morgan fingerprint density at radius 2 is 2.17 bits per heavy atom. The van der Waals surface area contributed by atoms with Gasteiger partial charge >= 0.3 is 0 Å². The molecule has 0 saturated heterocycles. The Labute approximate surface area is 75.0 Å². The monoisotopic (exact) mass is 166 g/mol. The third-order valence-corrected chi connectivity index (χ3v) is 1.38. The molecule has 0 bridgehead atoms. The summed E-state index contributed by atoms with van der Waals surface area (Å²) in [6.45, 7) is 0.125. The topological polar surface area (TPSA) is 26.3 Å². The van der Waals surface area contributed by atoms with E-state index < -0.39 is 6.37 Å². The minimum absolute atomic E-state index is 0.203. The molecule has 0 spiro atoms. The highest BCUT2D eigenvalue weighted by Crippen LogP contribution is 1.99. The lowest BCUT2D eigenvalue weighted by Gasteiger charge is -2.00. The second kappa shape index (κ2) is 5.49. The van der Waals surface area contributed by atoms with E-state index in [1.165, 1.54) is 0 Å². The third kappa shape index (κ3) is 3.30. The molecule has 1 rings (SSSR count). The van der Waals surface area contributed by atoms with E-state index in [0.29, 0.717) is 6.61 Å². The summed E-state index contributed by atoms with van der Waals surface area (Å²) in [5, 5.41) is 0. The van der Waals surface area contributed by atoms with Gasteiger partial charge in [0.1, 0.15) is 6.29 Å². The quantitative estimate of drug-likeness (QED) is 0.623. The maximum absolute atomic E-state index is 10.2. The lowest BCUT2D eigenvalue weighted by molar-refractivity contribution is -0.108. The Hall–Kier alpha value is -1.15. The summed E-state index contributed by atoms with van der Waals surface area (Å²) in [4.78, 5) is 10.2. The number of rotatable bonds is 5. The van der Waals surface area contributed by atoms with Crippen molar-refractivity contribution in [2.24, 2.45) is 0 Å². The average molecular weight is 166 g/mol. The van der Waals surface area contributed by atoms with Crippen molar-refractivity contribution in [1.82, 2.24) is 0 Å². The summed E-state index contributed by atoms with van der Waals surface area (Å²) in [5.41, 5.74) is 0.967. The van der Waals surface area contributed by atoms with Crippen LogP contribution in [0.2, 0.25) is 0 Å². The maximum atomic E-state index is 10.2. The molecule has 0 heterocycles. The highest BCUT2D eigenvalue weighted by Gasteiger charge is 1.89. The van der Waals surface area contributed by atoms with Gasteiger partial charge in [-0.15, -0.1) is 0 Å². The Morgan fingerprint density at radius 1 is 1.42 bits per heavy atom. The molecule has 1 aromatic rings. The Kier molecular flexibility index (Phi) is 2.92. The molecule has 0 saturated carbocycles. The van der Waals surface area contributed by atoms with Crippen LogP contribution in [0.1, 0.15) is 14.7 Å². The van der Waals surface area contributed by atoms with Gasteiger partial charge < -0.3 is 9.53 Å². The van der Waals surface area contributed by atoms with Crippen LogP contribution in [0, 0.1) is 0 Å². The molecule has 0 aromatic heterocycles. The van der Waals surface area contributed by atoms with Gasteiger partial charge in [0.15, 0.2) is 0 Å². The van der Waals surface area contributed by atoms with Gasteiger partial charge in [0, 0.05) is 9.11 Å². The first-order valence-corrected chi connectivity index (χ1v) is 3.72. The summed E-state index contributed by atoms with van der Waals surface area (Å²) in [7, 11) is 0. The second-order valence-corrected chi connectivity index (χ2v) is 2.30. The van der Waals surface area contributed by atoms with Gasteiger partial charge in [0.2, 0.25) is 0 Å². The van der Waals surface area contributed by atoms with Crippen LogP contribution < -0.4 is 0 Å². The van der Waals surface area contributed by atoms with E-state index in [1.54, 1.807) is 0 Å². The molecule has 2 nitrogen and oxygen atoms in total.